The fourth-order valence-corrected chi connectivity index (χ4v) is 2.46. The molecule has 0 spiro atoms. The van der Waals surface area contributed by atoms with Crippen LogP contribution in [0.5, 0.6) is 0 Å². The Balaban J connectivity index is 1.98. The van der Waals surface area contributed by atoms with Gasteiger partial charge in [0.1, 0.15) is 0 Å². The third kappa shape index (κ3) is 2.64. The van der Waals surface area contributed by atoms with Gasteiger partial charge in [-0.25, -0.2) is 8.78 Å². The first kappa shape index (κ1) is 14.5. The van der Waals surface area contributed by atoms with Crippen molar-refractivity contribution in [1.29, 1.82) is 0 Å². The number of halogens is 2. The Kier molecular flexibility index (Phi) is 3.76. The summed E-state index contributed by atoms with van der Waals surface area (Å²) < 4.78 is 27.7. The van der Waals surface area contributed by atoms with Crippen molar-refractivity contribution in [3.8, 4) is 22.3 Å². The second-order valence-corrected chi connectivity index (χ2v) is 5.50. The van der Waals surface area contributed by atoms with Crippen LogP contribution in [-0.4, -0.2) is 0 Å². The molecule has 2 heteroatoms. The van der Waals surface area contributed by atoms with Gasteiger partial charge in [-0.1, -0.05) is 66.2 Å². The third-order valence-corrected chi connectivity index (χ3v) is 3.86. The Hall–Kier alpha value is -2.48. The van der Waals surface area contributed by atoms with Gasteiger partial charge in [0.25, 0.3) is 0 Å². The van der Waals surface area contributed by atoms with Gasteiger partial charge >= 0.3 is 0 Å². The van der Waals surface area contributed by atoms with Gasteiger partial charge in [-0.3, -0.25) is 0 Å². The molecule has 110 valence electrons. The monoisotopic (exact) mass is 294 g/mol. The van der Waals surface area contributed by atoms with Crippen molar-refractivity contribution in [1.82, 2.24) is 0 Å². The van der Waals surface area contributed by atoms with Gasteiger partial charge in [-0.2, -0.15) is 0 Å². The molecule has 0 fully saturated rings. The maximum atomic E-state index is 14.0. The van der Waals surface area contributed by atoms with Crippen LogP contribution in [0.1, 0.15) is 11.1 Å². The first-order chi connectivity index (χ1) is 10.6. The van der Waals surface area contributed by atoms with Gasteiger partial charge in [-0.05, 0) is 36.1 Å². The minimum absolute atomic E-state index is 0.290. The first-order valence-corrected chi connectivity index (χ1v) is 7.18. The summed E-state index contributed by atoms with van der Waals surface area (Å²) in [4.78, 5) is 0. The van der Waals surface area contributed by atoms with E-state index >= 15 is 0 Å². The standard InChI is InChI=1S/C20H16F2/c1-13-3-6-15(7-4-13)16-8-10-17(11-9-16)18-12-5-14(2)19(21)20(18)22/h3-12H,1-2H3. The van der Waals surface area contributed by atoms with E-state index in [1.54, 1.807) is 19.1 Å². The fraction of sp³-hybridized carbons (Fsp3) is 0.100. The van der Waals surface area contributed by atoms with Gasteiger partial charge in [-0.15, -0.1) is 0 Å². The van der Waals surface area contributed by atoms with Crippen LogP contribution >= 0.6 is 0 Å². The van der Waals surface area contributed by atoms with E-state index in [2.05, 4.69) is 24.3 Å². The van der Waals surface area contributed by atoms with Crippen molar-refractivity contribution in [3.63, 3.8) is 0 Å². The zero-order valence-electron chi connectivity index (χ0n) is 12.5. The van der Waals surface area contributed by atoms with E-state index in [-0.39, 0.29) is 0 Å². The molecule has 0 atom stereocenters. The Morgan fingerprint density at radius 1 is 0.545 bits per heavy atom. The van der Waals surface area contributed by atoms with Crippen molar-refractivity contribution < 1.29 is 8.78 Å². The van der Waals surface area contributed by atoms with E-state index in [9.17, 15) is 8.78 Å². The number of hydrogen-bond donors (Lipinski definition) is 0. The molecule has 0 radical (unpaired) electrons. The molecule has 0 unspecified atom stereocenters. The Bertz CT molecular complexity index is 800. The van der Waals surface area contributed by atoms with Crippen LogP contribution < -0.4 is 0 Å². The van der Waals surface area contributed by atoms with Crippen molar-refractivity contribution in [2.75, 3.05) is 0 Å². The summed E-state index contributed by atoms with van der Waals surface area (Å²) in [5, 5.41) is 0. The van der Waals surface area contributed by atoms with Gasteiger partial charge in [0.2, 0.25) is 0 Å². The molecule has 0 saturated carbocycles. The summed E-state index contributed by atoms with van der Waals surface area (Å²) in [6.45, 7) is 3.60. The minimum Gasteiger partial charge on any atom is -0.203 e. The molecule has 0 heterocycles. The zero-order chi connectivity index (χ0) is 15.7. The van der Waals surface area contributed by atoms with Crippen molar-refractivity contribution in [2.45, 2.75) is 13.8 Å². The van der Waals surface area contributed by atoms with E-state index in [0.29, 0.717) is 16.7 Å². The number of aryl methyl sites for hydroxylation is 2. The predicted molar refractivity (Wildman–Crippen MR) is 86.7 cm³/mol. The zero-order valence-corrected chi connectivity index (χ0v) is 12.5. The van der Waals surface area contributed by atoms with Crippen molar-refractivity contribution in [3.05, 3.63) is 83.4 Å². The largest absolute Gasteiger partial charge is 0.203 e. The SMILES string of the molecule is Cc1ccc(-c2ccc(-c3ccc(C)c(F)c3F)cc2)cc1. The fourth-order valence-electron chi connectivity index (χ4n) is 2.46. The van der Waals surface area contributed by atoms with Crippen LogP contribution in [0.3, 0.4) is 0 Å². The summed E-state index contributed by atoms with van der Waals surface area (Å²) in [5.41, 5.74) is 4.64. The lowest BCUT2D eigenvalue weighted by Gasteiger charge is -2.08. The van der Waals surface area contributed by atoms with E-state index in [4.69, 9.17) is 0 Å². The molecule has 0 nitrogen and oxygen atoms in total. The normalized spacial score (nSPS) is 10.7. The molecule has 3 aromatic carbocycles. The molecule has 22 heavy (non-hydrogen) atoms. The number of rotatable bonds is 2. The summed E-state index contributed by atoms with van der Waals surface area (Å²) in [6.07, 6.45) is 0. The number of hydrogen-bond acceptors (Lipinski definition) is 0. The summed E-state index contributed by atoms with van der Waals surface area (Å²) in [7, 11) is 0. The molecule has 0 saturated heterocycles. The van der Waals surface area contributed by atoms with Crippen molar-refractivity contribution >= 4 is 0 Å². The van der Waals surface area contributed by atoms with Gasteiger partial charge < -0.3 is 0 Å². The molecule has 0 aliphatic rings. The van der Waals surface area contributed by atoms with Crippen LogP contribution in [0, 0.1) is 25.5 Å². The van der Waals surface area contributed by atoms with Gasteiger partial charge in [0.05, 0.1) is 0 Å². The molecule has 0 amide bonds. The molecule has 0 aliphatic carbocycles. The molecular weight excluding hydrogens is 278 g/mol. The smallest absolute Gasteiger partial charge is 0.166 e. The van der Waals surface area contributed by atoms with Crippen LogP contribution in [0.15, 0.2) is 60.7 Å². The molecule has 3 aromatic rings. The Morgan fingerprint density at radius 2 is 1.05 bits per heavy atom. The average molecular weight is 294 g/mol. The summed E-state index contributed by atoms with van der Waals surface area (Å²) in [6, 6.07) is 18.9. The quantitative estimate of drug-likeness (QED) is 0.550. The maximum absolute atomic E-state index is 14.0. The topological polar surface area (TPSA) is 0 Å². The maximum Gasteiger partial charge on any atom is 0.166 e. The van der Waals surface area contributed by atoms with E-state index < -0.39 is 11.6 Å². The van der Waals surface area contributed by atoms with Gasteiger partial charge in [0, 0.05) is 5.56 Å². The molecule has 0 aliphatic heterocycles. The Morgan fingerprint density at radius 3 is 1.64 bits per heavy atom. The lowest BCUT2D eigenvalue weighted by Crippen LogP contribution is -1.93. The second-order valence-electron chi connectivity index (χ2n) is 5.50. The first-order valence-electron chi connectivity index (χ1n) is 7.18. The van der Waals surface area contributed by atoms with E-state index in [1.165, 1.54) is 5.56 Å². The highest BCUT2D eigenvalue weighted by molar-refractivity contribution is 5.71. The summed E-state index contributed by atoms with van der Waals surface area (Å²) >= 11 is 0. The minimum atomic E-state index is -0.789. The van der Waals surface area contributed by atoms with Crippen molar-refractivity contribution in [2.24, 2.45) is 0 Å². The van der Waals surface area contributed by atoms with Gasteiger partial charge in [0.15, 0.2) is 11.6 Å². The molecule has 0 N–H and O–H groups in total. The predicted octanol–water partition coefficient (Wildman–Crippen LogP) is 5.92. The molecule has 3 rings (SSSR count). The van der Waals surface area contributed by atoms with E-state index in [0.717, 1.165) is 11.1 Å². The molecule has 0 bridgehead atoms. The lowest BCUT2D eigenvalue weighted by atomic mass is 9.98. The number of benzene rings is 3. The highest BCUT2D eigenvalue weighted by Gasteiger charge is 2.12. The highest BCUT2D eigenvalue weighted by atomic mass is 19.2. The summed E-state index contributed by atoms with van der Waals surface area (Å²) in [5.74, 6) is -1.57. The van der Waals surface area contributed by atoms with E-state index in [1.807, 2.05) is 31.2 Å². The lowest BCUT2D eigenvalue weighted by molar-refractivity contribution is 0.505. The highest BCUT2D eigenvalue weighted by Crippen LogP contribution is 2.28. The van der Waals surface area contributed by atoms with Crippen LogP contribution in [-0.2, 0) is 0 Å². The molecular formula is C20H16F2. The average Bonchev–Trinajstić information content (AvgIpc) is 2.54. The Labute approximate surface area is 129 Å². The van der Waals surface area contributed by atoms with Crippen LogP contribution in [0.2, 0.25) is 0 Å². The second kappa shape index (κ2) is 5.72. The van der Waals surface area contributed by atoms with Crippen LogP contribution in [0.25, 0.3) is 22.3 Å². The molecule has 0 aromatic heterocycles. The van der Waals surface area contributed by atoms with Crippen LogP contribution in [0.4, 0.5) is 8.78 Å². The third-order valence-electron chi connectivity index (χ3n) is 3.86.